The maximum Gasteiger partial charge on any atom is 0.322 e. The van der Waals surface area contributed by atoms with Crippen molar-refractivity contribution in [3.05, 3.63) is 64.6 Å². The molecule has 0 spiro atoms. The number of carbonyl (C=O) groups excluding carboxylic acids is 1. The van der Waals surface area contributed by atoms with E-state index in [2.05, 4.69) is 29.3 Å². The van der Waals surface area contributed by atoms with Crippen molar-refractivity contribution in [3.8, 4) is 22.9 Å². The lowest BCUT2D eigenvalue weighted by Gasteiger charge is -2.35. The van der Waals surface area contributed by atoms with Crippen LogP contribution in [0.15, 0.2) is 52.7 Å². The van der Waals surface area contributed by atoms with Crippen molar-refractivity contribution >= 4 is 23.2 Å². The highest BCUT2D eigenvalue weighted by molar-refractivity contribution is 6.30. The molecule has 1 aliphatic rings. The first kappa shape index (κ1) is 24.6. The molecule has 0 saturated carbocycles. The highest BCUT2D eigenvalue weighted by Gasteiger charge is 2.36. The smallest absolute Gasteiger partial charge is 0.322 e. The number of carbonyl (C=O) groups is 1. The predicted octanol–water partition coefficient (Wildman–Crippen LogP) is 5.95. The molecule has 2 aromatic carbocycles. The third-order valence-corrected chi connectivity index (χ3v) is 6.28. The van der Waals surface area contributed by atoms with Gasteiger partial charge in [0, 0.05) is 22.8 Å². The van der Waals surface area contributed by atoms with Gasteiger partial charge in [-0.15, -0.1) is 0 Å². The fourth-order valence-electron chi connectivity index (χ4n) is 4.05. The molecule has 3 aromatic rings. The van der Waals surface area contributed by atoms with Crippen LogP contribution < -0.4 is 14.8 Å². The Kier molecular flexibility index (Phi) is 7.31. The molecule has 8 nitrogen and oxygen atoms in total. The number of halogens is 1. The Hall–Kier alpha value is -3.52. The average Bonchev–Trinajstić information content (AvgIpc) is 3.33. The van der Waals surface area contributed by atoms with Crippen LogP contribution in [-0.4, -0.2) is 41.8 Å². The minimum Gasteiger partial charge on any atom is -0.493 e. The number of urea groups is 1. The number of nitrogens with one attached hydrogen (secondary N) is 1. The maximum absolute atomic E-state index is 13.2. The minimum atomic E-state index is -0.517. The summed E-state index contributed by atoms with van der Waals surface area (Å²) in [6, 6.07) is 12.1. The molecule has 0 bridgehead atoms. The molecule has 9 heteroatoms. The van der Waals surface area contributed by atoms with Gasteiger partial charge in [-0.25, -0.2) is 4.79 Å². The zero-order chi connectivity index (χ0) is 25.1. The highest BCUT2D eigenvalue weighted by Crippen LogP contribution is 2.40. The molecule has 0 saturated heterocycles. The summed E-state index contributed by atoms with van der Waals surface area (Å²) < 4.78 is 16.6. The first-order valence-electron chi connectivity index (χ1n) is 11.4. The normalized spacial score (nSPS) is 16.0. The van der Waals surface area contributed by atoms with Crippen LogP contribution in [0.1, 0.15) is 44.7 Å². The van der Waals surface area contributed by atoms with Crippen LogP contribution in [0.3, 0.4) is 0 Å². The van der Waals surface area contributed by atoms with Crippen molar-refractivity contribution < 1.29 is 18.8 Å². The maximum atomic E-state index is 13.2. The number of aromatic nitrogens is 2. The number of benzene rings is 2. The standard InChI is InChI=1S/C26H29ClN4O4/c1-15(2)12-13-31-16(3)22(25-29-24(30-35-25)17-6-9-19(27)10-7-17)23(28-26(31)32)18-8-11-20(33-4)21(14-18)34-5/h6-11,14-15,23H,12-13H2,1-5H3,(H,28,32). The van der Waals surface area contributed by atoms with Crippen molar-refractivity contribution in [3.63, 3.8) is 0 Å². The first-order valence-corrected chi connectivity index (χ1v) is 11.8. The van der Waals surface area contributed by atoms with Gasteiger partial charge in [-0.1, -0.05) is 36.7 Å². The number of hydrogen-bond acceptors (Lipinski definition) is 6. The molecule has 1 atom stereocenters. The Balaban J connectivity index is 1.80. The Labute approximate surface area is 209 Å². The molecule has 1 aromatic heterocycles. The van der Waals surface area contributed by atoms with Gasteiger partial charge in [-0.3, -0.25) is 4.90 Å². The lowest BCUT2D eigenvalue weighted by Crippen LogP contribution is -2.46. The van der Waals surface area contributed by atoms with E-state index in [1.165, 1.54) is 0 Å². The van der Waals surface area contributed by atoms with Crippen LogP contribution >= 0.6 is 11.6 Å². The lowest BCUT2D eigenvalue weighted by molar-refractivity contribution is 0.202. The van der Waals surface area contributed by atoms with Gasteiger partial charge < -0.3 is 19.3 Å². The van der Waals surface area contributed by atoms with E-state index in [9.17, 15) is 4.79 Å². The van der Waals surface area contributed by atoms with Crippen LogP contribution in [0.2, 0.25) is 5.02 Å². The molecule has 4 rings (SSSR count). The molecule has 0 radical (unpaired) electrons. The van der Waals surface area contributed by atoms with Gasteiger partial charge in [0.05, 0.1) is 25.8 Å². The first-order chi connectivity index (χ1) is 16.8. The number of nitrogens with zero attached hydrogens (tertiary/aromatic N) is 3. The SMILES string of the molecule is COc1ccc(C2NC(=O)N(CCC(C)C)C(C)=C2c2nc(-c3ccc(Cl)cc3)no2)cc1OC. The molecular weight excluding hydrogens is 468 g/mol. The van der Waals surface area contributed by atoms with Crippen LogP contribution in [0, 0.1) is 5.92 Å². The summed E-state index contributed by atoms with van der Waals surface area (Å²) in [6.45, 7) is 6.75. The third-order valence-electron chi connectivity index (χ3n) is 6.03. The van der Waals surface area contributed by atoms with Crippen LogP contribution in [0.5, 0.6) is 11.5 Å². The van der Waals surface area contributed by atoms with Crippen LogP contribution in [0.25, 0.3) is 17.0 Å². The van der Waals surface area contributed by atoms with Gasteiger partial charge in [0.15, 0.2) is 11.5 Å². The van der Waals surface area contributed by atoms with Crippen LogP contribution in [0.4, 0.5) is 4.79 Å². The van der Waals surface area contributed by atoms with Crippen molar-refractivity contribution in [1.29, 1.82) is 0 Å². The fourth-order valence-corrected chi connectivity index (χ4v) is 4.17. The van der Waals surface area contributed by atoms with E-state index in [0.29, 0.717) is 40.7 Å². The summed E-state index contributed by atoms with van der Waals surface area (Å²) in [5, 5.41) is 7.94. The highest BCUT2D eigenvalue weighted by atomic mass is 35.5. The zero-order valence-electron chi connectivity index (χ0n) is 20.5. The summed E-state index contributed by atoms with van der Waals surface area (Å²) in [4.78, 5) is 19.6. The molecule has 184 valence electrons. The molecule has 1 aliphatic heterocycles. The molecule has 1 N–H and O–H groups in total. The molecule has 35 heavy (non-hydrogen) atoms. The van der Waals surface area contributed by atoms with E-state index in [0.717, 1.165) is 28.8 Å². The molecule has 0 aliphatic carbocycles. The van der Waals surface area contributed by atoms with Gasteiger partial charge in [0.25, 0.3) is 5.89 Å². The Bertz CT molecular complexity index is 1240. The van der Waals surface area contributed by atoms with E-state index in [1.807, 2.05) is 37.3 Å². The van der Waals surface area contributed by atoms with Crippen molar-refractivity contribution in [2.24, 2.45) is 5.92 Å². The molecule has 1 unspecified atom stereocenters. The number of rotatable bonds is 8. The van der Waals surface area contributed by atoms with Gasteiger partial charge in [0.1, 0.15) is 0 Å². The predicted molar refractivity (Wildman–Crippen MR) is 134 cm³/mol. The van der Waals surface area contributed by atoms with E-state index < -0.39 is 6.04 Å². The molecule has 2 amide bonds. The van der Waals surface area contributed by atoms with Gasteiger partial charge in [-0.2, -0.15) is 4.98 Å². The summed E-state index contributed by atoms with van der Waals surface area (Å²) in [5.41, 5.74) is 3.08. The second kappa shape index (κ2) is 10.4. The average molecular weight is 497 g/mol. The van der Waals surface area contributed by atoms with Gasteiger partial charge >= 0.3 is 6.03 Å². The summed E-state index contributed by atoms with van der Waals surface area (Å²) in [6.07, 6.45) is 0.860. The lowest BCUT2D eigenvalue weighted by atomic mass is 9.94. The quantitative estimate of drug-likeness (QED) is 0.414. The van der Waals surface area contributed by atoms with Crippen LogP contribution in [-0.2, 0) is 0 Å². The number of allylic oxidation sites excluding steroid dienone is 1. The van der Waals surface area contributed by atoms with Gasteiger partial charge in [0.2, 0.25) is 5.82 Å². The van der Waals surface area contributed by atoms with E-state index in [-0.39, 0.29) is 6.03 Å². The Morgan fingerprint density at radius 2 is 1.83 bits per heavy atom. The van der Waals surface area contributed by atoms with E-state index >= 15 is 0 Å². The van der Waals surface area contributed by atoms with E-state index in [1.54, 1.807) is 31.3 Å². The molecular formula is C26H29ClN4O4. The van der Waals surface area contributed by atoms with Crippen molar-refractivity contribution in [2.75, 3.05) is 20.8 Å². The molecule has 2 heterocycles. The van der Waals surface area contributed by atoms with E-state index in [4.69, 9.17) is 25.6 Å². The van der Waals surface area contributed by atoms with Crippen molar-refractivity contribution in [2.45, 2.75) is 33.2 Å². The molecule has 0 fully saturated rings. The second-order valence-corrected chi connectivity index (χ2v) is 9.20. The monoisotopic (exact) mass is 496 g/mol. The third kappa shape index (κ3) is 5.12. The zero-order valence-corrected chi connectivity index (χ0v) is 21.2. The van der Waals surface area contributed by atoms with Crippen molar-refractivity contribution in [1.82, 2.24) is 20.4 Å². The Morgan fingerprint density at radius 1 is 1.11 bits per heavy atom. The second-order valence-electron chi connectivity index (χ2n) is 8.76. The minimum absolute atomic E-state index is 0.177. The summed E-state index contributed by atoms with van der Waals surface area (Å²) in [7, 11) is 3.16. The summed E-state index contributed by atoms with van der Waals surface area (Å²) in [5.74, 6) is 2.38. The van der Waals surface area contributed by atoms with Gasteiger partial charge in [-0.05, 0) is 61.2 Å². The summed E-state index contributed by atoms with van der Waals surface area (Å²) >= 11 is 6.02. The number of methoxy groups -OCH3 is 2. The fraction of sp³-hybridized carbons (Fsp3) is 0.346. The number of hydrogen-bond donors (Lipinski definition) is 1. The largest absolute Gasteiger partial charge is 0.493 e. The number of ether oxygens (including phenoxy) is 2. The number of amides is 2. The Morgan fingerprint density at radius 3 is 2.49 bits per heavy atom. The topological polar surface area (TPSA) is 89.7 Å².